The molecule has 1 unspecified atom stereocenters. The van der Waals surface area contributed by atoms with Gasteiger partial charge in [-0.1, -0.05) is 0 Å². The Morgan fingerprint density at radius 2 is 1.91 bits per heavy atom. The topological polar surface area (TPSA) is 96.6 Å². The molecule has 1 atom stereocenters. The monoisotopic (exact) mass is 321 g/mol. The smallest absolute Gasteiger partial charge is 0.406 e. The van der Waals surface area contributed by atoms with Crippen molar-refractivity contribution in [2.75, 3.05) is 5.73 Å². The van der Waals surface area contributed by atoms with Gasteiger partial charge >= 0.3 is 6.36 Å². The fourth-order valence-electron chi connectivity index (χ4n) is 1.61. The van der Waals surface area contributed by atoms with Crippen LogP contribution in [-0.4, -0.2) is 11.3 Å². The van der Waals surface area contributed by atoms with E-state index in [4.69, 9.17) is 11.0 Å². The van der Waals surface area contributed by atoms with Gasteiger partial charge in [0.05, 0.1) is 17.5 Å². The zero-order valence-electron chi connectivity index (χ0n) is 11.5. The molecule has 9 heteroatoms. The molecule has 1 aromatic carbocycles. The molecule has 0 aliphatic carbocycles. The van der Waals surface area contributed by atoms with Gasteiger partial charge in [0, 0.05) is 11.9 Å². The molecule has 1 heterocycles. The summed E-state index contributed by atoms with van der Waals surface area (Å²) in [4.78, 5) is 3.98. The SMILES string of the molecule is N#CC(N=Nc1ccc(OC(F)(F)F)cc1)c1cc(N)ccn1. The largest absolute Gasteiger partial charge is 0.573 e. The van der Waals surface area contributed by atoms with Crippen LogP contribution in [0.5, 0.6) is 5.75 Å². The highest BCUT2D eigenvalue weighted by molar-refractivity contribution is 5.41. The summed E-state index contributed by atoms with van der Waals surface area (Å²) < 4.78 is 39.9. The lowest BCUT2D eigenvalue weighted by Gasteiger charge is -2.08. The molecule has 0 fully saturated rings. The number of nitrogen functional groups attached to an aromatic ring is 1. The number of hydrogen-bond donors (Lipinski definition) is 1. The molecule has 0 aliphatic heterocycles. The zero-order valence-corrected chi connectivity index (χ0v) is 11.5. The van der Waals surface area contributed by atoms with Crippen molar-refractivity contribution in [3.8, 4) is 11.8 Å². The van der Waals surface area contributed by atoms with E-state index in [1.165, 1.54) is 24.4 Å². The van der Waals surface area contributed by atoms with Crippen molar-refractivity contribution in [2.45, 2.75) is 12.4 Å². The Kier molecular flexibility index (Phi) is 4.75. The van der Waals surface area contributed by atoms with Crippen molar-refractivity contribution >= 4 is 11.4 Å². The second kappa shape index (κ2) is 6.74. The van der Waals surface area contributed by atoms with Gasteiger partial charge in [-0.05, 0) is 36.4 Å². The zero-order chi connectivity index (χ0) is 16.9. The molecule has 2 aromatic rings. The summed E-state index contributed by atoms with van der Waals surface area (Å²) in [6.45, 7) is 0. The number of alkyl halides is 3. The molecule has 118 valence electrons. The fourth-order valence-corrected chi connectivity index (χ4v) is 1.61. The number of rotatable bonds is 4. The van der Waals surface area contributed by atoms with E-state index in [0.717, 1.165) is 12.1 Å². The van der Waals surface area contributed by atoms with Crippen LogP contribution in [0.25, 0.3) is 0 Å². The average Bonchev–Trinajstić information content (AvgIpc) is 2.48. The van der Waals surface area contributed by atoms with Crippen molar-refractivity contribution in [3.05, 3.63) is 48.3 Å². The summed E-state index contributed by atoms with van der Waals surface area (Å²) in [6, 6.07) is 8.76. The molecule has 0 saturated heterocycles. The van der Waals surface area contributed by atoms with Crippen molar-refractivity contribution < 1.29 is 17.9 Å². The van der Waals surface area contributed by atoms with Crippen LogP contribution in [0.2, 0.25) is 0 Å². The Hall–Kier alpha value is -3.15. The number of azo groups is 1. The predicted octanol–water partition coefficient (Wildman–Crippen LogP) is 3.91. The molecule has 23 heavy (non-hydrogen) atoms. The number of halogens is 3. The normalized spacial score (nSPS) is 12.8. The lowest BCUT2D eigenvalue weighted by molar-refractivity contribution is -0.274. The van der Waals surface area contributed by atoms with Crippen LogP contribution in [0.1, 0.15) is 11.7 Å². The van der Waals surface area contributed by atoms with Crippen molar-refractivity contribution in [1.29, 1.82) is 5.26 Å². The van der Waals surface area contributed by atoms with E-state index in [2.05, 4.69) is 19.9 Å². The highest BCUT2D eigenvalue weighted by Crippen LogP contribution is 2.26. The number of nitrogens with zero attached hydrogens (tertiary/aromatic N) is 4. The summed E-state index contributed by atoms with van der Waals surface area (Å²) in [6.07, 6.45) is -3.32. The summed E-state index contributed by atoms with van der Waals surface area (Å²) in [7, 11) is 0. The Bertz CT molecular complexity index is 737. The first-order valence-corrected chi connectivity index (χ1v) is 6.25. The molecule has 0 aliphatic rings. The van der Waals surface area contributed by atoms with Crippen LogP contribution in [0.4, 0.5) is 24.5 Å². The van der Waals surface area contributed by atoms with Gasteiger partial charge in [0.15, 0.2) is 6.04 Å². The Morgan fingerprint density at radius 1 is 1.22 bits per heavy atom. The molecular weight excluding hydrogens is 311 g/mol. The van der Waals surface area contributed by atoms with E-state index in [-0.39, 0.29) is 11.4 Å². The molecule has 0 bridgehead atoms. The maximum absolute atomic E-state index is 12.0. The van der Waals surface area contributed by atoms with E-state index < -0.39 is 12.4 Å². The van der Waals surface area contributed by atoms with Crippen LogP contribution in [-0.2, 0) is 0 Å². The number of anilines is 1. The van der Waals surface area contributed by atoms with Crippen LogP contribution in [0.15, 0.2) is 52.8 Å². The van der Waals surface area contributed by atoms with Crippen LogP contribution in [0, 0.1) is 11.3 Å². The lowest BCUT2D eigenvalue weighted by atomic mass is 10.2. The summed E-state index contributed by atoms with van der Waals surface area (Å²) in [5.41, 5.74) is 6.62. The van der Waals surface area contributed by atoms with E-state index in [9.17, 15) is 13.2 Å². The highest BCUT2D eigenvalue weighted by atomic mass is 19.4. The predicted molar refractivity (Wildman–Crippen MR) is 74.6 cm³/mol. The summed E-state index contributed by atoms with van der Waals surface area (Å²) >= 11 is 0. The summed E-state index contributed by atoms with van der Waals surface area (Å²) in [5.74, 6) is -0.370. The number of nitrogens with two attached hydrogens (primary N) is 1. The third-order valence-electron chi connectivity index (χ3n) is 2.57. The second-order valence-electron chi connectivity index (χ2n) is 4.30. The van der Waals surface area contributed by atoms with Gasteiger partial charge in [0.1, 0.15) is 5.75 Å². The molecular formula is C14H10F3N5O. The molecule has 0 amide bonds. The lowest BCUT2D eigenvalue weighted by Crippen LogP contribution is -2.16. The van der Waals surface area contributed by atoms with Crippen molar-refractivity contribution in [1.82, 2.24) is 4.98 Å². The van der Waals surface area contributed by atoms with E-state index in [1.54, 1.807) is 6.07 Å². The first kappa shape index (κ1) is 16.2. The van der Waals surface area contributed by atoms with Crippen LogP contribution < -0.4 is 10.5 Å². The third-order valence-corrected chi connectivity index (χ3v) is 2.57. The minimum atomic E-state index is -4.76. The number of aromatic nitrogens is 1. The molecule has 0 spiro atoms. The van der Waals surface area contributed by atoms with Crippen molar-refractivity contribution in [2.24, 2.45) is 10.2 Å². The average molecular weight is 321 g/mol. The number of pyridine rings is 1. The fraction of sp³-hybridized carbons (Fsp3) is 0.143. The van der Waals surface area contributed by atoms with Gasteiger partial charge in [0.2, 0.25) is 0 Å². The van der Waals surface area contributed by atoms with Gasteiger partial charge in [0.25, 0.3) is 0 Å². The van der Waals surface area contributed by atoms with E-state index in [1.807, 2.05) is 6.07 Å². The van der Waals surface area contributed by atoms with Crippen LogP contribution in [0.3, 0.4) is 0 Å². The molecule has 0 radical (unpaired) electrons. The highest BCUT2D eigenvalue weighted by Gasteiger charge is 2.30. The molecule has 0 saturated carbocycles. The third kappa shape index (κ3) is 4.96. The van der Waals surface area contributed by atoms with E-state index in [0.29, 0.717) is 11.4 Å². The summed E-state index contributed by atoms with van der Waals surface area (Å²) in [5, 5.41) is 16.7. The number of benzene rings is 1. The number of nitriles is 1. The van der Waals surface area contributed by atoms with Gasteiger partial charge < -0.3 is 10.5 Å². The van der Waals surface area contributed by atoms with Crippen LogP contribution >= 0.6 is 0 Å². The Balaban J connectivity index is 2.11. The number of hydrogen-bond acceptors (Lipinski definition) is 6. The molecule has 6 nitrogen and oxygen atoms in total. The molecule has 1 aromatic heterocycles. The van der Waals surface area contributed by atoms with Gasteiger partial charge in [-0.3, -0.25) is 4.98 Å². The quantitative estimate of drug-likeness (QED) is 0.863. The second-order valence-corrected chi connectivity index (χ2v) is 4.30. The first-order chi connectivity index (χ1) is 10.9. The molecule has 2 rings (SSSR count). The van der Waals surface area contributed by atoms with Gasteiger partial charge in [-0.15, -0.1) is 13.2 Å². The minimum Gasteiger partial charge on any atom is -0.406 e. The maximum Gasteiger partial charge on any atom is 0.573 e. The standard InChI is InChI=1S/C14H10F3N5O/c15-14(16,17)23-11-3-1-10(2-4-11)21-22-13(8-18)12-7-9(19)5-6-20-12/h1-7,13H,(H2,19,20). The minimum absolute atomic E-state index is 0.267. The van der Waals surface area contributed by atoms with E-state index >= 15 is 0 Å². The Morgan fingerprint density at radius 3 is 2.48 bits per heavy atom. The van der Waals surface area contributed by atoms with Gasteiger partial charge in [-0.25, -0.2) is 0 Å². The van der Waals surface area contributed by atoms with Gasteiger partial charge in [-0.2, -0.15) is 15.5 Å². The molecule has 2 N–H and O–H groups in total. The maximum atomic E-state index is 12.0. The number of ether oxygens (including phenoxy) is 1. The first-order valence-electron chi connectivity index (χ1n) is 6.25. The van der Waals surface area contributed by atoms with Crippen molar-refractivity contribution in [3.63, 3.8) is 0 Å². The Labute approximate surface area is 129 Å².